The van der Waals surface area contributed by atoms with E-state index in [9.17, 15) is 4.79 Å². The fourth-order valence-corrected chi connectivity index (χ4v) is 3.44. The fraction of sp³-hybridized carbons (Fsp3) is 0.565. The number of rotatable bonds is 9. The summed E-state index contributed by atoms with van der Waals surface area (Å²) >= 11 is 0. The summed E-state index contributed by atoms with van der Waals surface area (Å²) in [5.74, 6) is 3.62. The van der Waals surface area contributed by atoms with Crippen molar-refractivity contribution in [3.8, 4) is 12.3 Å². The number of terminal acetylenes is 1. The predicted molar refractivity (Wildman–Crippen MR) is 123 cm³/mol. The minimum Gasteiger partial charge on any atom is -0.379 e. The van der Waals surface area contributed by atoms with Crippen LogP contribution in [-0.2, 0) is 9.53 Å². The predicted octanol–water partition coefficient (Wildman–Crippen LogP) is 1.91. The molecule has 3 N–H and O–H groups in total. The van der Waals surface area contributed by atoms with E-state index in [2.05, 4.69) is 45.6 Å². The second-order valence-electron chi connectivity index (χ2n) is 7.78. The lowest BCUT2D eigenvalue weighted by atomic mass is 10.0. The van der Waals surface area contributed by atoms with Crippen LogP contribution in [0.2, 0.25) is 0 Å². The molecular weight excluding hydrogens is 378 g/mol. The zero-order valence-corrected chi connectivity index (χ0v) is 18.4. The third kappa shape index (κ3) is 8.44. The van der Waals surface area contributed by atoms with Crippen molar-refractivity contribution in [1.82, 2.24) is 15.5 Å². The maximum atomic E-state index is 12.3. The van der Waals surface area contributed by atoms with Crippen molar-refractivity contribution in [3.05, 3.63) is 29.8 Å². The molecule has 0 bridgehead atoms. The number of morpholine rings is 1. The van der Waals surface area contributed by atoms with Gasteiger partial charge in [0.25, 0.3) is 0 Å². The lowest BCUT2D eigenvalue weighted by molar-refractivity contribution is -0.114. The van der Waals surface area contributed by atoms with Crippen LogP contribution in [-0.4, -0.2) is 68.7 Å². The monoisotopic (exact) mass is 413 g/mol. The summed E-state index contributed by atoms with van der Waals surface area (Å²) in [4.78, 5) is 19.2. The van der Waals surface area contributed by atoms with Gasteiger partial charge in [-0.25, -0.2) is 4.99 Å². The van der Waals surface area contributed by atoms with Gasteiger partial charge in [0, 0.05) is 43.5 Å². The Hall–Kier alpha value is -2.56. The second kappa shape index (κ2) is 12.9. The van der Waals surface area contributed by atoms with E-state index in [0.29, 0.717) is 23.6 Å². The molecule has 7 heteroatoms. The molecule has 0 aromatic heterocycles. The number of guanidine groups is 1. The van der Waals surface area contributed by atoms with Crippen molar-refractivity contribution >= 4 is 17.6 Å². The number of aliphatic imine (C=N–C) groups is 1. The SMILES string of the molecule is C#Cc1cccc(NC(=O)CN=C(NCC)NCC(CC(C)C)N2CCOCC2)c1. The van der Waals surface area contributed by atoms with Gasteiger partial charge < -0.3 is 20.7 Å². The van der Waals surface area contributed by atoms with Crippen LogP contribution in [0.3, 0.4) is 0 Å². The van der Waals surface area contributed by atoms with Gasteiger partial charge in [0.1, 0.15) is 6.54 Å². The molecule has 1 heterocycles. The smallest absolute Gasteiger partial charge is 0.246 e. The van der Waals surface area contributed by atoms with Crippen molar-refractivity contribution in [2.75, 3.05) is 51.3 Å². The molecule has 0 aliphatic carbocycles. The molecular formula is C23H35N5O2. The molecule has 1 atom stereocenters. The van der Waals surface area contributed by atoms with Gasteiger partial charge >= 0.3 is 0 Å². The standard InChI is InChI=1S/C23H35N5O2/c1-5-19-8-7-9-20(15-19)27-22(29)17-26-23(24-6-2)25-16-21(14-18(3)4)28-10-12-30-13-11-28/h1,7-9,15,18,21H,6,10-14,16-17H2,2-4H3,(H,27,29)(H2,24,25,26). The minimum absolute atomic E-state index is 0.0298. The third-order valence-electron chi connectivity index (χ3n) is 4.85. The third-order valence-corrected chi connectivity index (χ3v) is 4.85. The van der Waals surface area contributed by atoms with E-state index < -0.39 is 0 Å². The number of hydrogen-bond donors (Lipinski definition) is 3. The molecule has 1 amide bonds. The number of nitrogens with one attached hydrogen (secondary N) is 3. The number of hydrogen-bond acceptors (Lipinski definition) is 4. The summed E-state index contributed by atoms with van der Waals surface area (Å²) < 4.78 is 5.49. The lowest BCUT2D eigenvalue weighted by Crippen LogP contribution is -2.51. The Labute approximate surface area is 180 Å². The topological polar surface area (TPSA) is 78.0 Å². The maximum Gasteiger partial charge on any atom is 0.246 e. The van der Waals surface area contributed by atoms with Gasteiger partial charge in [-0.1, -0.05) is 25.8 Å². The summed E-state index contributed by atoms with van der Waals surface area (Å²) in [7, 11) is 0. The first-order chi connectivity index (χ1) is 14.5. The highest BCUT2D eigenvalue weighted by Gasteiger charge is 2.22. The van der Waals surface area contributed by atoms with E-state index in [1.807, 2.05) is 25.1 Å². The molecule has 30 heavy (non-hydrogen) atoms. The summed E-state index contributed by atoms with van der Waals surface area (Å²) in [5, 5.41) is 9.47. The van der Waals surface area contributed by atoms with Gasteiger partial charge in [-0.05, 0) is 37.5 Å². The molecule has 164 valence electrons. The molecule has 0 spiro atoms. The van der Waals surface area contributed by atoms with E-state index in [-0.39, 0.29) is 12.5 Å². The zero-order chi connectivity index (χ0) is 21.8. The van der Waals surface area contributed by atoms with Crippen molar-refractivity contribution in [1.29, 1.82) is 0 Å². The Morgan fingerprint density at radius 1 is 1.30 bits per heavy atom. The first-order valence-corrected chi connectivity index (χ1v) is 10.7. The van der Waals surface area contributed by atoms with E-state index in [1.165, 1.54) is 0 Å². The van der Waals surface area contributed by atoms with Gasteiger partial charge in [-0.15, -0.1) is 6.42 Å². The summed E-state index contributed by atoms with van der Waals surface area (Å²) in [5.41, 5.74) is 1.40. The van der Waals surface area contributed by atoms with E-state index in [4.69, 9.17) is 11.2 Å². The molecule has 1 aromatic rings. The average Bonchev–Trinajstić information content (AvgIpc) is 2.75. The average molecular weight is 414 g/mol. The number of carbonyl (C=O) groups excluding carboxylic acids is 1. The van der Waals surface area contributed by atoms with Crippen LogP contribution in [0.25, 0.3) is 0 Å². The molecule has 2 rings (SSSR count). The molecule has 1 aliphatic heterocycles. The number of benzene rings is 1. The van der Waals surface area contributed by atoms with Crippen molar-refractivity contribution in [2.24, 2.45) is 10.9 Å². The normalized spacial score (nSPS) is 16.0. The highest BCUT2D eigenvalue weighted by atomic mass is 16.5. The van der Waals surface area contributed by atoms with E-state index in [1.54, 1.807) is 6.07 Å². The highest BCUT2D eigenvalue weighted by molar-refractivity contribution is 5.94. The van der Waals surface area contributed by atoms with Crippen LogP contribution in [0, 0.1) is 18.3 Å². The fourth-order valence-electron chi connectivity index (χ4n) is 3.44. The van der Waals surface area contributed by atoms with Crippen LogP contribution in [0.4, 0.5) is 5.69 Å². The van der Waals surface area contributed by atoms with Crippen molar-refractivity contribution in [3.63, 3.8) is 0 Å². The van der Waals surface area contributed by atoms with Gasteiger partial charge in [0.05, 0.1) is 13.2 Å². The van der Waals surface area contributed by atoms with Crippen molar-refractivity contribution < 1.29 is 9.53 Å². The molecule has 1 unspecified atom stereocenters. The number of ether oxygens (including phenoxy) is 1. The number of nitrogens with zero attached hydrogens (tertiary/aromatic N) is 2. The maximum absolute atomic E-state index is 12.3. The van der Waals surface area contributed by atoms with Gasteiger partial charge in [0.15, 0.2) is 5.96 Å². The Balaban J connectivity index is 1.92. The molecule has 1 aromatic carbocycles. The van der Waals surface area contributed by atoms with E-state index >= 15 is 0 Å². The van der Waals surface area contributed by atoms with Crippen molar-refractivity contribution in [2.45, 2.75) is 33.2 Å². The molecule has 0 radical (unpaired) electrons. The number of carbonyl (C=O) groups is 1. The first-order valence-electron chi connectivity index (χ1n) is 10.7. The quantitative estimate of drug-likeness (QED) is 0.327. The second-order valence-corrected chi connectivity index (χ2v) is 7.78. The van der Waals surface area contributed by atoms with Crippen LogP contribution < -0.4 is 16.0 Å². The molecule has 1 fully saturated rings. The first kappa shape index (κ1) is 23.7. The minimum atomic E-state index is -0.187. The summed E-state index contributed by atoms with van der Waals surface area (Å²) in [6, 6.07) is 7.62. The molecule has 0 saturated carbocycles. The van der Waals surface area contributed by atoms with Crippen LogP contribution in [0.15, 0.2) is 29.3 Å². The Morgan fingerprint density at radius 3 is 2.73 bits per heavy atom. The van der Waals surface area contributed by atoms with Gasteiger partial charge in [-0.2, -0.15) is 0 Å². The van der Waals surface area contributed by atoms with Gasteiger partial charge in [0.2, 0.25) is 5.91 Å². The van der Waals surface area contributed by atoms with Crippen LogP contribution in [0.5, 0.6) is 0 Å². The molecule has 1 aliphatic rings. The molecule has 1 saturated heterocycles. The van der Waals surface area contributed by atoms with Gasteiger partial charge in [-0.3, -0.25) is 9.69 Å². The lowest BCUT2D eigenvalue weighted by Gasteiger charge is -2.35. The van der Waals surface area contributed by atoms with Crippen LogP contribution in [0.1, 0.15) is 32.8 Å². The molecule has 7 nitrogen and oxygen atoms in total. The Morgan fingerprint density at radius 2 is 2.07 bits per heavy atom. The number of amides is 1. The zero-order valence-electron chi connectivity index (χ0n) is 18.4. The Kier molecular flexibility index (Phi) is 10.2. The van der Waals surface area contributed by atoms with E-state index in [0.717, 1.165) is 51.4 Å². The Bertz CT molecular complexity index is 735. The number of anilines is 1. The highest BCUT2D eigenvalue weighted by Crippen LogP contribution is 2.13. The summed E-state index contributed by atoms with van der Waals surface area (Å²) in [6.07, 6.45) is 6.51. The largest absolute Gasteiger partial charge is 0.379 e. The van der Waals surface area contributed by atoms with Crippen LogP contribution >= 0.6 is 0 Å². The summed E-state index contributed by atoms with van der Waals surface area (Å²) in [6.45, 7) is 11.5.